The monoisotopic (exact) mass is 432 g/mol. The lowest BCUT2D eigenvalue weighted by molar-refractivity contribution is 0.0942. The van der Waals surface area contributed by atoms with Crippen molar-refractivity contribution in [1.82, 2.24) is 15.6 Å². The van der Waals surface area contributed by atoms with Crippen LogP contribution in [0.1, 0.15) is 36.0 Å². The van der Waals surface area contributed by atoms with Crippen molar-refractivity contribution in [2.75, 3.05) is 18.8 Å². The highest BCUT2D eigenvalue weighted by atomic mass is 16.4. The Morgan fingerprint density at radius 2 is 1.56 bits per heavy atom. The van der Waals surface area contributed by atoms with Crippen molar-refractivity contribution in [3.8, 4) is 11.3 Å². The minimum atomic E-state index is -0.970. The van der Waals surface area contributed by atoms with E-state index in [1.807, 2.05) is 54.6 Å². The Hall–Kier alpha value is -3.61. The van der Waals surface area contributed by atoms with Gasteiger partial charge in [-0.05, 0) is 61.8 Å². The lowest BCUT2D eigenvalue weighted by atomic mass is 9.82. The molecule has 1 aliphatic rings. The van der Waals surface area contributed by atoms with Gasteiger partial charge in [-0.15, -0.1) is 0 Å². The molecule has 5 N–H and O–H groups in total. The molecule has 4 rings (SSSR count). The number of nitrogen functional groups attached to an aromatic ring is 1. The van der Waals surface area contributed by atoms with Gasteiger partial charge in [0.1, 0.15) is 0 Å². The van der Waals surface area contributed by atoms with Crippen molar-refractivity contribution in [1.29, 1.82) is 0 Å². The number of fused-ring (bicyclic) bond motifs is 1. The summed E-state index contributed by atoms with van der Waals surface area (Å²) in [6, 6.07) is 17.0. The number of benzene rings is 2. The zero-order chi connectivity index (χ0) is 22.5. The summed E-state index contributed by atoms with van der Waals surface area (Å²) in [4.78, 5) is 28.6. The number of hydrogen-bond acceptors (Lipinski definition) is 4. The fraction of sp³-hybridized carbons (Fsp3) is 0.320. The SMILES string of the molecule is Nc1ccc(-c2cc(C(=O)NC[C@H]3CC[C@H](CNC(=O)O)CC3)c3ccccc3n2)cc1. The molecule has 0 radical (unpaired) electrons. The van der Waals surface area contributed by atoms with Crippen LogP contribution in [0.15, 0.2) is 54.6 Å². The second kappa shape index (κ2) is 9.68. The van der Waals surface area contributed by atoms with E-state index in [2.05, 4.69) is 10.6 Å². The minimum Gasteiger partial charge on any atom is -0.465 e. The number of anilines is 1. The van der Waals surface area contributed by atoms with Crippen LogP contribution in [-0.2, 0) is 0 Å². The molecule has 3 aromatic rings. The molecular weight excluding hydrogens is 404 g/mol. The summed E-state index contributed by atoms with van der Waals surface area (Å²) in [5, 5.41) is 15.2. The number of nitrogens with one attached hydrogen (secondary N) is 2. The zero-order valence-corrected chi connectivity index (χ0v) is 17.9. The molecular formula is C25H28N4O3. The van der Waals surface area contributed by atoms with E-state index in [0.717, 1.165) is 47.8 Å². The predicted octanol–water partition coefficient (Wildman–Crippen LogP) is 4.29. The van der Waals surface area contributed by atoms with Crippen LogP contribution in [-0.4, -0.2) is 35.2 Å². The normalized spacial score (nSPS) is 18.2. The number of rotatable bonds is 6. The zero-order valence-electron chi connectivity index (χ0n) is 17.9. The lowest BCUT2D eigenvalue weighted by Crippen LogP contribution is -2.34. The van der Waals surface area contributed by atoms with Gasteiger partial charge in [0.2, 0.25) is 0 Å². The Balaban J connectivity index is 1.45. The maximum atomic E-state index is 13.1. The van der Waals surface area contributed by atoms with Gasteiger partial charge in [-0.2, -0.15) is 0 Å². The van der Waals surface area contributed by atoms with Gasteiger partial charge < -0.3 is 21.5 Å². The van der Waals surface area contributed by atoms with E-state index in [9.17, 15) is 9.59 Å². The number of aromatic nitrogens is 1. The first-order chi connectivity index (χ1) is 15.5. The number of amides is 2. The third-order valence-electron chi connectivity index (χ3n) is 6.23. The molecule has 1 saturated carbocycles. The van der Waals surface area contributed by atoms with E-state index in [4.69, 9.17) is 15.8 Å². The van der Waals surface area contributed by atoms with Crippen LogP contribution in [0.3, 0.4) is 0 Å². The Labute approximate surface area is 187 Å². The number of carboxylic acid groups (broad SMARTS) is 1. The van der Waals surface area contributed by atoms with Gasteiger partial charge in [0.05, 0.1) is 16.8 Å². The third-order valence-corrected chi connectivity index (χ3v) is 6.23. The van der Waals surface area contributed by atoms with Crippen molar-refractivity contribution in [2.45, 2.75) is 25.7 Å². The molecule has 1 heterocycles. The summed E-state index contributed by atoms with van der Waals surface area (Å²) in [6.45, 7) is 1.12. The van der Waals surface area contributed by atoms with Crippen molar-refractivity contribution < 1.29 is 14.7 Å². The summed E-state index contributed by atoms with van der Waals surface area (Å²) in [6.07, 6.45) is 2.95. The summed E-state index contributed by atoms with van der Waals surface area (Å²) in [7, 11) is 0. The maximum Gasteiger partial charge on any atom is 0.404 e. The first-order valence-electron chi connectivity index (χ1n) is 11.0. The Morgan fingerprint density at radius 3 is 2.22 bits per heavy atom. The second-order valence-corrected chi connectivity index (χ2v) is 8.48. The summed E-state index contributed by atoms with van der Waals surface area (Å²) >= 11 is 0. The molecule has 2 amide bonds. The molecule has 1 aromatic heterocycles. The Morgan fingerprint density at radius 1 is 0.938 bits per heavy atom. The summed E-state index contributed by atoms with van der Waals surface area (Å²) in [5.41, 5.74) is 9.52. The third kappa shape index (κ3) is 5.17. The van der Waals surface area contributed by atoms with E-state index in [-0.39, 0.29) is 5.91 Å². The first kappa shape index (κ1) is 21.6. The number of para-hydroxylation sites is 1. The highest BCUT2D eigenvalue weighted by Gasteiger charge is 2.22. The highest BCUT2D eigenvalue weighted by molar-refractivity contribution is 6.07. The number of nitrogens with zero attached hydrogens (tertiary/aromatic N) is 1. The van der Waals surface area contributed by atoms with Crippen molar-refractivity contribution in [3.05, 3.63) is 60.2 Å². The van der Waals surface area contributed by atoms with Crippen molar-refractivity contribution >= 4 is 28.6 Å². The van der Waals surface area contributed by atoms with Gasteiger partial charge in [-0.1, -0.05) is 30.3 Å². The van der Waals surface area contributed by atoms with E-state index < -0.39 is 6.09 Å². The van der Waals surface area contributed by atoms with Gasteiger partial charge in [0, 0.05) is 29.7 Å². The largest absolute Gasteiger partial charge is 0.465 e. The van der Waals surface area contributed by atoms with E-state index in [1.54, 1.807) is 0 Å². The number of pyridine rings is 1. The standard InChI is InChI=1S/C25H28N4O3/c26-19-11-9-18(10-12-19)23-13-21(20-3-1-2-4-22(20)29-23)24(30)27-14-16-5-7-17(8-6-16)15-28-25(31)32/h1-4,9-13,16-17,28H,5-8,14-15,26H2,(H,27,30)(H,31,32)/t16-,17-. The van der Waals surface area contributed by atoms with Gasteiger partial charge in [0.15, 0.2) is 0 Å². The molecule has 0 spiro atoms. The van der Waals surface area contributed by atoms with Crippen LogP contribution in [0.4, 0.5) is 10.5 Å². The van der Waals surface area contributed by atoms with Gasteiger partial charge in [0.25, 0.3) is 5.91 Å². The highest BCUT2D eigenvalue weighted by Crippen LogP contribution is 2.29. The van der Waals surface area contributed by atoms with E-state index in [0.29, 0.717) is 36.2 Å². The lowest BCUT2D eigenvalue weighted by Gasteiger charge is -2.28. The van der Waals surface area contributed by atoms with Crippen LogP contribution in [0, 0.1) is 11.8 Å². The van der Waals surface area contributed by atoms with E-state index in [1.165, 1.54) is 0 Å². The topological polar surface area (TPSA) is 117 Å². The molecule has 7 nitrogen and oxygen atoms in total. The van der Waals surface area contributed by atoms with Gasteiger partial charge in [-0.3, -0.25) is 4.79 Å². The molecule has 32 heavy (non-hydrogen) atoms. The van der Waals surface area contributed by atoms with Crippen LogP contribution < -0.4 is 16.4 Å². The van der Waals surface area contributed by atoms with Crippen molar-refractivity contribution in [2.24, 2.45) is 11.8 Å². The molecule has 0 atom stereocenters. The Kier molecular flexibility index (Phi) is 6.54. The minimum absolute atomic E-state index is 0.102. The number of carbonyl (C=O) groups excluding carboxylic acids is 1. The number of nitrogens with two attached hydrogens (primary N) is 1. The first-order valence-corrected chi connectivity index (χ1v) is 11.0. The predicted molar refractivity (Wildman–Crippen MR) is 125 cm³/mol. The van der Waals surface area contributed by atoms with Crippen LogP contribution in [0.5, 0.6) is 0 Å². The van der Waals surface area contributed by atoms with Gasteiger partial charge in [-0.25, -0.2) is 9.78 Å². The van der Waals surface area contributed by atoms with Crippen LogP contribution >= 0.6 is 0 Å². The number of hydrogen-bond donors (Lipinski definition) is 4. The average molecular weight is 433 g/mol. The summed E-state index contributed by atoms with van der Waals surface area (Å²) < 4.78 is 0. The fourth-order valence-electron chi connectivity index (χ4n) is 4.37. The van der Waals surface area contributed by atoms with E-state index >= 15 is 0 Å². The Bertz CT molecular complexity index is 1110. The molecule has 166 valence electrons. The molecule has 1 fully saturated rings. The molecule has 0 unspecified atom stereocenters. The van der Waals surface area contributed by atoms with Gasteiger partial charge >= 0.3 is 6.09 Å². The second-order valence-electron chi connectivity index (χ2n) is 8.48. The molecule has 7 heteroatoms. The summed E-state index contributed by atoms with van der Waals surface area (Å²) in [5.74, 6) is 0.685. The molecule has 0 saturated heterocycles. The smallest absolute Gasteiger partial charge is 0.404 e. The molecule has 0 aliphatic heterocycles. The van der Waals surface area contributed by atoms with Crippen LogP contribution in [0.2, 0.25) is 0 Å². The molecule has 2 aromatic carbocycles. The fourth-order valence-corrected chi connectivity index (χ4v) is 4.37. The molecule has 1 aliphatic carbocycles. The quantitative estimate of drug-likeness (QED) is 0.434. The van der Waals surface area contributed by atoms with Crippen molar-refractivity contribution in [3.63, 3.8) is 0 Å². The van der Waals surface area contributed by atoms with Crippen LogP contribution in [0.25, 0.3) is 22.2 Å². The molecule has 0 bridgehead atoms. The average Bonchev–Trinajstić information content (AvgIpc) is 2.81. The maximum absolute atomic E-state index is 13.1. The number of carbonyl (C=O) groups is 2.